The third kappa shape index (κ3) is 2.81. The SMILES string of the molecule is O=C(NC12CCCN(CCC1)C21CC1)c1cc2cccc(C3CCOCC3)c2s1. The molecule has 1 saturated carbocycles. The average Bonchev–Trinajstić information content (AvgIpc) is 3.38. The van der Waals surface area contributed by atoms with Gasteiger partial charge in [-0.05, 0) is 87.4 Å². The van der Waals surface area contributed by atoms with Gasteiger partial charge in [0.2, 0.25) is 0 Å². The molecule has 2 bridgehead atoms. The van der Waals surface area contributed by atoms with E-state index >= 15 is 0 Å². The van der Waals surface area contributed by atoms with E-state index in [0.717, 1.165) is 43.8 Å². The van der Waals surface area contributed by atoms with Crippen molar-refractivity contribution in [2.24, 2.45) is 0 Å². The van der Waals surface area contributed by atoms with Crippen LogP contribution in [0.2, 0.25) is 0 Å². The molecule has 2 aromatic rings. The van der Waals surface area contributed by atoms with Gasteiger partial charge in [0.25, 0.3) is 5.91 Å². The number of nitrogens with zero attached hydrogens (tertiary/aromatic N) is 1. The molecule has 154 valence electrons. The highest BCUT2D eigenvalue weighted by Gasteiger charge is 2.65. The smallest absolute Gasteiger partial charge is 0.261 e. The molecule has 3 aliphatic heterocycles. The fraction of sp³-hybridized carbons (Fsp3) is 0.625. The summed E-state index contributed by atoms with van der Waals surface area (Å²) in [5.41, 5.74) is 1.68. The molecular weight excluding hydrogens is 380 g/mol. The zero-order valence-corrected chi connectivity index (χ0v) is 17.9. The van der Waals surface area contributed by atoms with Crippen LogP contribution in [0.4, 0.5) is 0 Å². The number of hydrogen-bond acceptors (Lipinski definition) is 4. The molecule has 1 amide bonds. The number of benzene rings is 1. The van der Waals surface area contributed by atoms with Gasteiger partial charge < -0.3 is 10.1 Å². The van der Waals surface area contributed by atoms with Gasteiger partial charge in [0.05, 0.1) is 10.4 Å². The van der Waals surface area contributed by atoms with Crippen molar-refractivity contribution in [1.82, 2.24) is 10.2 Å². The quantitative estimate of drug-likeness (QED) is 0.798. The highest BCUT2D eigenvalue weighted by Crippen LogP contribution is 2.58. The van der Waals surface area contributed by atoms with E-state index in [1.54, 1.807) is 11.3 Å². The number of thiophene rings is 1. The Morgan fingerprint density at radius 1 is 1.10 bits per heavy atom. The molecule has 1 spiro atoms. The predicted molar refractivity (Wildman–Crippen MR) is 117 cm³/mol. The van der Waals surface area contributed by atoms with Gasteiger partial charge in [-0.1, -0.05) is 18.2 Å². The van der Waals surface area contributed by atoms with Gasteiger partial charge in [0, 0.05) is 23.5 Å². The van der Waals surface area contributed by atoms with Crippen LogP contribution in [0.15, 0.2) is 24.3 Å². The first kappa shape index (κ1) is 18.3. The van der Waals surface area contributed by atoms with E-state index < -0.39 is 0 Å². The molecule has 4 aliphatic rings. The molecular formula is C24H30N2O2S. The number of rotatable bonds is 3. The summed E-state index contributed by atoms with van der Waals surface area (Å²) in [4.78, 5) is 17.0. The molecule has 3 saturated heterocycles. The second kappa shape index (κ2) is 6.79. The van der Waals surface area contributed by atoms with E-state index in [1.165, 1.54) is 54.4 Å². The molecule has 0 unspecified atom stereocenters. The van der Waals surface area contributed by atoms with Gasteiger partial charge in [-0.25, -0.2) is 0 Å². The minimum atomic E-state index is 0.000294. The number of nitrogens with one attached hydrogen (secondary N) is 1. The van der Waals surface area contributed by atoms with Crippen molar-refractivity contribution < 1.29 is 9.53 Å². The first-order valence-corrected chi connectivity index (χ1v) is 12.2. The Balaban J connectivity index is 1.30. The van der Waals surface area contributed by atoms with Crippen molar-refractivity contribution in [3.63, 3.8) is 0 Å². The summed E-state index contributed by atoms with van der Waals surface area (Å²) in [6, 6.07) is 8.70. The van der Waals surface area contributed by atoms with Gasteiger partial charge in [-0.3, -0.25) is 9.69 Å². The Morgan fingerprint density at radius 3 is 2.59 bits per heavy atom. The number of amides is 1. The molecule has 4 fully saturated rings. The number of fused-ring (bicyclic) bond motifs is 1. The van der Waals surface area contributed by atoms with Gasteiger partial charge in [0.1, 0.15) is 0 Å². The van der Waals surface area contributed by atoms with Crippen LogP contribution >= 0.6 is 11.3 Å². The van der Waals surface area contributed by atoms with Crippen molar-refractivity contribution in [2.75, 3.05) is 26.3 Å². The van der Waals surface area contributed by atoms with Crippen LogP contribution in [-0.2, 0) is 4.74 Å². The molecule has 4 heterocycles. The third-order valence-corrected chi connectivity index (χ3v) is 9.29. The maximum absolute atomic E-state index is 13.4. The molecule has 4 nitrogen and oxygen atoms in total. The van der Waals surface area contributed by atoms with E-state index in [4.69, 9.17) is 4.74 Å². The summed E-state index contributed by atoms with van der Waals surface area (Å²) in [5, 5.41) is 4.82. The lowest BCUT2D eigenvalue weighted by atomic mass is 9.72. The van der Waals surface area contributed by atoms with E-state index in [9.17, 15) is 4.79 Å². The predicted octanol–water partition coefficient (Wildman–Crippen LogP) is 4.69. The standard InChI is InChI=1S/C24H30N2O2S/c27-22(25-23-8-2-12-26(13-3-9-23)24(23)10-11-24)20-16-18-4-1-5-19(21(18)29-20)17-6-14-28-15-7-17/h1,4-5,16-17H,2-3,6-15H2,(H,25,27). The Kier molecular flexibility index (Phi) is 4.30. The van der Waals surface area contributed by atoms with Crippen molar-refractivity contribution in [3.05, 3.63) is 34.7 Å². The number of ether oxygens (including phenoxy) is 1. The molecule has 1 aromatic carbocycles. The van der Waals surface area contributed by atoms with Crippen molar-refractivity contribution in [3.8, 4) is 0 Å². The molecule has 0 atom stereocenters. The van der Waals surface area contributed by atoms with Crippen LogP contribution < -0.4 is 5.32 Å². The number of hydrogen-bond donors (Lipinski definition) is 1. The zero-order valence-electron chi connectivity index (χ0n) is 17.0. The third-order valence-electron chi connectivity index (χ3n) is 8.10. The van der Waals surface area contributed by atoms with Crippen LogP contribution in [-0.4, -0.2) is 48.2 Å². The maximum atomic E-state index is 13.4. The van der Waals surface area contributed by atoms with Gasteiger partial charge in [-0.15, -0.1) is 11.3 Å². The molecule has 0 radical (unpaired) electrons. The minimum Gasteiger partial charge on any atom is -0.381 e. The van der Waals surface area contributed by atoms with Gasteiger partial charge in [-0.2, -0.15) is 0 Å². The molecule has 1 aromatic heterocycles. The van der Waals surface area contributed by atoms with Crippen molar-refractivity contribution in [1.29, 1.82) is 0 Å². The normalized spacial score (nSPS) is 31.1. The Bertz CT molecular complexity index is 932. The van der Waals surface area contributed by atoms with Crippen LogP contribution in [0.25, 0.3) is 10.1 Å². The van der Waals surface area contributed by atoms with Crippen LogP contribution in [0.1, 0.15) is 72.5 Å². The fourth-order valence-corrected chi connectivity index (χ4v) is 7.68. The Morgan fingerprint density at radius 2 is 1.86 bits per heavy atom. The maximum Gasteiger partial charge on any atom is 0.261 e. The van der Waals surface area contributed by atoms with Gasteiger partial charge in [0.15, 0.2) is 0 Å². The number of carbonyl (C=O) groups is 1. The molecule has 1 aliphatic carbocycles. The first-order valence-electron chi connectivity index (χ1n) is 11.4. The number of piperidine rings is 2. The highest BCUT2D eigenvalue weighted by molar-refractivity contribution is 7.21. The molecule has 29 heavy (non-hydrogen) atoms. The van der Waals surface area contributed by atoms with E-state index in [1.807, 2.05) is 0 Å². The van der Waals surface area contributed by atoms with E-state index in [2.05, 4.69) is 34.5 Å². The molecule has 1 N–H and O–H groups in total. The first-order chi connectivity index (χ1) is 14.2. The lowest BCUT2D eigenvalue weighted by Gasteiger charge is -2.55. The van der Waals surface area contributed by atoms with Crippen LogP contribution in [0, 0.1) is 0 Å². The fourth-order valence-electron chi connectivity index (χ4n) is 6.54. The highest BCUT2D eigenvalue weighted by atomic mass is 32.1. The van der Waals surface area contributed by atoms with E-state index in [0.29, 0.717) is 5.92 Å². The summed E-state index contributed by atoms with van der Waals surface area (Å²) in [6.07, 6.45) is 9.40. The summed E-state index contributed by atoms with van der Waals surface area (Å²) in [7, 11) is 0. The second-order valence-electron chi connectivity index (χ2n) is 9.52. The van der Waals surface area contributed by atoms with Crippen molar-refractivity contribution in [2.45, 2.75) is 68.4 Å². The summed E-state index contributed by atoms with van der Waals surface area (Å²) >= 11 is 1.70. The Labute approximate surface area is 176 Å². The van der Waals surface area contributed by atoms with Gasteiger partial charge >= 0.3 is 0 Å². The monoisotopic (exact) mass is 410 g/mol. The van der Waals surface area contributed by atoms with Crippen LogP contribution in [0.5, 0.6) is 0 Å². The summed E-state index contributed by atoms with van der Waals surface area (Å²) in [5.74, 6) is 0.708. The topological polar surface area (TPSA) is 41.6 Å². The molecule has 6 rings (SSSR count). The molecule has 5 heteroatoms. The average molecular weight is 411 g/mol. The second-order valence-corrected chi connectivity index (χ2v) is 10.6. The number of carbonyl (C=O) groups excluding carboxylic acids is 1. The summed E-state index contributed by atoms with van der Waals surface area (Å²) < 4.78 is 6.86. The van der Waals surface area contributed by atoms with Crippen molar-refractivity contribution >= 4 is 27.3 Å². The Hall–Kier alpha value is -1.43. The summed E-state index contributed by atoms with van der Waals surface area (Å²) in [6.45, 7) is 4.13. The van der Waals surface area contributed by atoms with E-state index in [-0.39, 0.29) is 17.0 Å². The lowest BCUT2D eigenvalue weighted by Crippen LogP contribution is -2.69. The zero-order chi connectivity index (χ0) is 19.5. The largest absolute Gasteiger partial charge is 0.381 e. The van der Waals surface area contributed by atoms with Crippen LogP contribution in [0.3, 0.4) is 0 Å². The minimum absolute atomic E-state index is 0.000294. The lowest BCUT2D eigenvalue weighted by molar-refractivity contribution is -0.0105.